The van der Waals surface area contributed by atoms with Gasteiger partial charge in [0.1, 0.15) is 11.5 Å². The quantitative estimate of drug-likeness (QED) is 0.415. The summed E-state index contributed by atoms with van der Waals surface area (Å²) in [7, 11) is 0. The van der Waals surface area contributed by atoms with Crippen LogP contribution in [0.5, 0.6) is 11.5 Å². The number of fused-ring (bicyclic) bond motifs is 1. The van der Waals surface area contributed by atoms with Crippen LogP contribution in [0.4, 0.5) is 10.1 Å². The molecular formula is C24H21FN4O3S. The molecule has 1 unspecified atom stereocenters. The first-order valence-corrected chi connectivity index (χ1v) is 11.2. The van der Waals surface area contributed by atoms with Gasteiger partial charge in [0.05, 0.1) is 20.8 Å². The fourth-order valence-corrected chi connectivity index (χ4v) is 4.87. The van der Waals surface area contributed by atoms with Gasteiger partial charge >= 0.3 is 0 Å². The van der Waals surface area contributed by atoms with Gasteiger partial charge in [0.15, 0.2) is 11.6 Å². The number of carbonyl (C=O) groups is 1. The number of nitrogens with zero attached hydrogens (tertiary/aromatic N) is 3. The summed E-state index contributed by atoms with van der Waals surface area (Å²) < 4.78 is 20.8. The topological polar surface area (TPSA) is 102 Å². The molecule has 3 N–H and O–H groups in total. The number of pyridine rings is 2. The summed E-state index contributed by atoms with van der Waals surface area (Å²) in [6, 6.07) is 11.6. The van der Waals surface area contributed by atoms with Gasteiger partial charge < -0.3 is 20.5 Å². The SMILES string of the molecule is CC1(O)CCC(=O)N1Cc1ccc(-c2cc3nccc(Oc4ccc(N)cc4F)c3s2)nc1. The number of benzene rings is 1. The maximum atomic E-state index is 14.2. The summed E-state index contributed by atoms with van der Waals surface area (Å²) in [5, 5.41) is 10.4. The molecule has 9 heteroatoms. The third-order valence-electron chi connectivity index (χ3n) is 5.66. The first-order chi connectivity index (χ1) is 15.8. The lowest BCUT2D eigenvalue weighted by atomic mass is 10.1. The highest BCUT2D eigenvalue weighted by molar-refractivity contribution is 7.22. The molecule has 1 aromatic carbocycles. The van der Waals surface area contributed by atoms with Crippen molar-refractivity contribution in [2.45, 2.75) is 32.0 Å². The Labute approximate surface area is 193 Å². The molecule has 4 heterocycles. The molecule has 4 aromatic rings. The van der Waals surface area contributed by atoms with Crippen molar-refractivity contribution in [1.29, 1.82) is 0 Å². The predicted molar refractivity (Wildman–Crippen MR) is 124 cm³/mol. The summed E-state index contributed by atoms with van der Waals surface area (Å²) in [6.45, 7) is 1.96. The van der Waals surface area contributed by atoms with Crippen LogP contribution in [-0.4, -0.2) is 31.6 Å². The molecule has 1 aliphatic rings. The minimum absolute atomic E-state index is 0.0651. The molecule has 1 fully saturated rings. The molecule has 1 saturated heterocycles. The zero-order valence-electron chi connectivity index (χ0n) is 17.8. The molecular weight excluding hydrogens is 443 g/mol. The van der Waals surface area contributed by atoms with Crippen molar-refractivity contribution in [3.63, 3.8) is 0 Å². The number of nitrogens with two attached hydrogens (primary N) is 1. The molecule has 1 aliphatic heterocycles. The number of hydrogen-bond donors (Lipinski definition) is 2. The second kappa shape index (κ2) is 8.09. The standard InChI is InChI=1S/C24H21FN4O3S/c1-24(31)8-6-22(30)29(24)13-14-2-4-17(28-12-14)21-11-18-23(33-21)20(7-9-27-18)32-19-5-3-15(26)10-16(19)25/h2-5,7,9-12,31H,6,8,13,26H2,1H3. The zero-order chi connectivity index (χ0) is 23.2. The third kappa shape index (κ3) is 4.12. The number of aromatic nitrogens is 2. The number of rotatable bonds is 5. The summed E-state index contributed by atoms with van der Waals surface area (Å²) in [5.74, 6) is -0.0259. The maximum Gasteiger partial charge on any atom is 0.225 e. The summed E-state index contributed by atoms with van der Waals surface area (Å²) in [5.41, 5.74) is 7.09. The molecule has 1 amide bonds. The second-order valence-electron chi connectivity index (χ2n) is 8.17. The average molecular weight is 465 g/mol. The Morgan fingerprint density at radius 1 is 1.21 bits per heavy atom. The van der Waals surface area contributed by atoms with Crippen molar-refractivity contribution in [3.05, 3.63) is 66.2 Å². The van der Waals surface area contributed by atoms with Gasteiger partial charge in [0.25, 0.3) is 0 Å². The van der Waals surface area contributed by atoms with Gasteiger partial charge in [-0.2, -0.15) is 0 Å². The van der Waals surface area contributed by atoms with Gasteiger partial charge in [-0.05, 0) is 36.8 Å². The average Bonchev–Trinajstić information content (AvgIpc) is 3.33. The molecule has 0 spiro atoms. The summed E-state index contributed by atoms with van der Waals surface area (Å²) >= 11 is 1.44. The van der Waals surface area contributed by atoms with E-state index in [1.807, 2.05) is 18.2 Å². The number of ether oxygens (including phenoxy) is 1. The van der Waals surface area contributed by atoms with Crippen LogP contribution in [0, 0.1) is 5.82 Å². The zero-order valence-corrected chi connectivity index (χ0v) is 18.6. The van der Waals surface area contributed by atoms with Gasteiger partial charge in [-0.25, -0.2) is 4.39 Å². The number of amides is 1. The molecule has 0 radical (unpaired) electrons. The third-order valence-corrected chi connectivity index (χ3v) is 6.83. The van der Waals surface area contributed by atoms with Crippen LogP contribution >= 0.6 is 11.3 Å². The van der Waals surface area contributed by atoms with Crippen LogP contribution in [-0.2, 0) is 11.3 Å². The van der Waals surface area contributed by atoms with Gasteiger partial charge in [-0.15, -0.1) is 11.3 Å². The van der Waals surface area contributed by atoms with Crippen molar-refractivity contribution < 1.29 is 19.0 Å². The first kappa shape index (κ1) is 21.3. The Morgan fingerprint density at radius 3 is 2.76 bits per heavy atom. The number of nitrogen functional groups attached to an aromatic ring is 1. The van der Waals surface area contributed by atoms with Crippen molar-refractivity contribution in [2.75, 3.05) is 5.73 Å². The van der Waals surface area contributed by atoms with Crippen LogP contribution in [0.15, 0.2) is 54.9 Å². The predicted octanol–water partition coefficient (Wildman–Crippen LogP) is 4.70. The molecule has 168 valence electrons. The fraction of sp³-hybridized carbons (Fsp3) is 0.208. The number of thiophene rings is 1. The maximum absolute atomic E-state index is 14.2. The minimum atomic E-state index is -1.13. The molecule has 0 aliphatic carbocycles. The van der Waals surface area contributed by atoms with Crippen LogP contribution in [0.1, 0.15) is 25.3 Å². The van der Waals surface area contributed by atoms with Crippen molar-refractivity contribution in [1.82, 2.24) is 14.9 Å². The number of hydrogen-bond acceptors (Lipinski definition) is 7. The number of halogens is 1. The fourth-order valence-electron chi connectivity index (χ4n) is 3.83. The molecule has 5 rings (SSSR count). The van der Waals surface area contributed by atoms with Crippen molar-refractivity contribution in [2.24, 2.45) is 0 Å². The minimum Gasteiger partial charge on any atom is -0.453 e. The van der Waals surface area contributed by atoms with Crippen LogP contribution in [0.25, 0.3) is 20.8 Å². The Balaban J connectivity index is 1.40. The number of aliphatic hydroxyl groups is 1. The van der Waals surface area contributed by atoms with Gasteiger partial charge in [-0.1, -0.05) is 6.07 Å². The molecule has 7 nitrogen and oxygen atoms in total. The van der Waals surface area contributed by atoms with Gasteiger partial charge in [0.2, 0.25) is 5.91 Å². The van der Waals surface area contributed by atoms with Crippen LogP contribution < -0.4 is 10.5 Å². The molecule has 33 heavy (non-hydrogen) atoms. The van der Waals surface area contributed by atoms with E-state index in [-0.39, 0.29) is 11.7 Å². The van der Waals surface area contributed by atoms with E-state index in [2.05, 4.69) is 9.97 Å². The van der Waals surface area contributed by atoms with E-state index in [1.165, 1.54) is 28.4 Å². The van der Waals surface area contributed by atoms with E-state index in [1.54, 1.807) is 31.5 Å². The Morgan fingerprint density at radius 2 is 2.06 bits per heavy atom. The monoisotopic (exact) mass is 464 g/mol. The molecule has 0 bridgehead atoms. The Kier molecular flexibility index (Phi) is 5.22. The van der Waals surface area contributed by atoms with E-state index in [0.29, 0.717) is 36.3 Å². The molecule has 3 aromatic heterocycles. The highest BCUT2D eigenvalue weighted by Gasteiger charge is 2.39. The summed E-state index contributed by atoms with van der Waals surface area (Å²) in [6.07, 6.45) is 4.09. The van der Waals surface area contributed by atoms with E-state index in [4.69, 9.17) is 10.5 Å². The number of anilines is 1. The smallest absolute Gasteiger partial charge is 0.225 e. The second-order valence-corrected chi connectivity index (χ2v) is 9.23. The lowest BCUT2D eigenvalue weighted by Crippen LogP contribution is -2.42. The number of carbonyl (C=O) groups excluding carboxylic acids is 1. The normalized spacial score (nSPS) is 18.3. The van der Waals surface area contributed by atoms with Crippen molar-refractivity contribution >= 4 is 33.1 Å². The highest BCUT2D eigenvalue weighted by atomic mass is 32.1. The largest absolute Gasteiger partial charge is 0.453 e. The lowest BCUT2D eigenvalue weighted by molar-refractivity contribution is -0.143. The molecule has 0 saturated carbocycles. The van der Waals surface area contributed by atoms with Gasteiger partial charge in [-0.3, -0.25) is 14.8 Å². The Hall–Kier alpha value is -3.56. The van der Waals surface area contributed by atoms with Crippen LogP contribution in [0.3, 0.4) is 0 Å². The summed E-state index contributed by atoms with van der Waals surface area (Å²) in [4.78, 5) is 23.4. The van der Waals surface area contributed by atoms with Gasteiger partial charge in [0, 0.05) is 49.6 Å². The number of likely N-dealkylation sites (tertiary alicyclic amines) is 1. The first-order valence-electron chi connectivity index (χ1n) is 10.4. The van der Waals surface area contributed by atoms with E-state index in [0.717, 1.165) is 20.8 Å². The lowest BCUT2D eigenvalue weighted by Gasteiger charge is -2.30. The van der Waals surface area contributed by atoms with E-state index >= 15 is 0 Å². The highest BCUT2D eigenvalue weighted by Crippen LogP contribution is 2.39. The van der Waals surface area contributed by atoms with Crippen LogP contribution in [0.2, 0.25) is 0 Å². The molecule has 1 atom stereocenters. The van der Waals surface area contributed by atoms with E-state index in [9.17, 15) is 14.3 Å². The van der Waals surface area contributed by atoms with E-state index < -0.39 is 11.5 Å². The van der Waals surface area contributed by atoms with Crippen molar-refractivity contribution in [3.8, 4) is 22.1 Å². The Bertz CT molecular complexity index is 1350.